The van der Waals surface area contributed by atoms with Crippen molar-refractivity contribution in [1.29, 1.82) is 0 Å². The summed E-state index contributed by atoms with van der Waals surface area (Å²) in [6.07, 6.45) is 1.73. The number of rotatable bonds is 13. The molecule has 2 unspecified atom stereocenters. The zero-order chi connectivity index (χ0) is 22.6. The summed E-state index contributed by atoms with van der Waals surface area (Å²) < 4.78 is 0. The zero-order valence-electron chi connectivity index (χ0n) is 18.2. The van der Waals surface area contributed by atoms with Gasteiger partial charge in [0.15, 0.2) is 5.96 Å². The van der Waals surface area contributed by atoms with Crippen molar-refractivity contribution in [3.63, 3.8) is 0 Å². The van der Waals surface area contributed by atoms with Gasteiger partial charge in [0.25, 0.3) is 0 Å². The second kappa shape index (κ2) is 13.8. The molecule has 0 aliphatic carbocycles. The maximum Gasteiger partial charge on any atom is 0.247 e. The van der Waals surface area contributed by atoms with Gasteiger partial charge in [-0.3, -0.25) is 24.6 Å². The van der Waals surface area contributed by atoms with Crippen LogP contribution in [-0.2, 0) is 14.4 Å². The SMILES string of the molecule is CNC(=O)[C@H](CCCN=C(N)N)NC(=O)C(CC(C)C)C(CC(C)C)C(=O)NO. The van der Waals surface area contributed by atoms with E-state index in [0.29, 0.717) is 32.2 Å². The van der Waals surface area contributed by atoms with E-state index in [0.717, 1.165) is 0 Å². The minimum atomic E-state index is -0.770. The van der Waals surface area contributed by atoms with Crippen LogP contribution in [0.1, 0.15) is 53.4 Å². The van der Waals surface area contributed by atoms with Gasteiger partial charge in [-0.25, -0.2) is 5.48 Å². The minimum absolute atomic E-state index is 0.0333. The van der Waals surface area contributed by atoms with Crippen LogP contribution in [0.15, 0.2) is 4.99 Å². The maximum absolute atomic E-state index is 13.1. The molecule has 0 saturated heterocycles. The number of carbonyl (C=O) groups is 3. The Bertz CT molecular complexity index is 561. The van der Waals surface area contributed by atoms with Crippen molar-refractivity contribution in [2.24, 2.45) is 40.1 Å². The summed E-state index contributed by atoms with van der Waals surface area (Å²) in [6, 6.07) is -0.770. The summed E-state index contributed by atoms with van der Waals surface area (Å²) in [5, 5.41) is 14.5. The normalized spacial score (nSPS) is 14.1. The standard InChI is InChI=1S/C19H38N6O4/c1-11(2)9-13(14(10-12(3)4)17(27)25-29)16(26)24-15(18(28)22-5)7-6-8-23-19(20)21/h11-15,29H,6-10H2,1-5H3,(H,22,28)(H,24,26)(H,25,27)(H4,20,21,23)/t13?,14?,15-/m0/s1. The van der Waals surface area contributed by atoms with E-state index >= 15 is 0 Å². The first-order valence-electron chi connectivity index (χ1n) is 10.0. The molecule has 10 heteroatoms. The molecule has 0 aliphatic rings. The Morgan fingerprint density at radius 2 is 1.45 bits per heavy atom. The van der Waals surface area contributed by atoms with Crippen LogP contribution in [0.2, 0.25) is 0 Å². The largest absolute Gasteiger partial charge is 0.370 e. The molecule has 0 aromatic rings. The van der Waals surface area contributed by atoms with E-state index in [1.54, 1.807) is 5.48 Å². The van der Waals surface area contributed by atoms with E-state index in [1.807, 2.05) is 27.7 Å². The summed E-state index contributed by atoms with van der Waals surface area (Å²) in [7, 11) is 1.49. The van der Waals surface area contributed by atoms with E-state index in [2.05, 4.69) is 15.6 Å². The van der Waals surface area contributed by atoms with Gasteiger partial charge in [-0.05, 0) is 37.5 Å². The van der Waals surface area contributed by atoms with E-state index in [9.17, 15) is 14.4 Å². The fourth-order valence-electron chi connectivity index (χ4n) is 3.23. The van der Waals surface area contributed by atoms with Crippen LogP contribution in [0.5, 0.6) is 0 Å². The molecule has 0 aromatic heterocycles. The second-order valence-electron chi connectivity index (χ2n) is 8.07. The Morgan fingerprint density at radius 3 is 1.86 bits per heavy atom. The molecule has 0 aliphatic heterocycles. The van der Waals surface area contributed by atoms with Crippen molar-refractivity contribution in [2.45, 2.75) is 59.4 Å². The van der Waals surface area contributed by atoms with Crippen molar-refractivity contribution in [3.8, 4) is 0 Å². The first kappa shape index (κ1) is 26.6. The monoisotopic (exact) mass is 414 g/mol. The van der Waals surface area contributed by atoms with Crippen LogP contribution in [0.3, 0.4) is 0 Å². The van der Waals surface area contributed by atoms with E-state index in [4.69, 9.17) is 16.7 Å². The number of guanidine groups is 1. The maximum atomic E-state index is 13.1. The lowest BCUT2D eigenvalue weighted by Crippen LogP contribution is -2.50. The smallest absolute Gasteiger partial charge is 0.247 e. The molecule has 0 rings (SSSR count). The molecule has 0 spiro atoms. The second-order valence-corrected chi connectivity index (χ2v) is 8.07. The van der Waals surface area contributed by atoms with Crippen molar-refractivity contribution in [2.75, 3.05) is 13.6 Å². The van der Waals surface area contributed by atoms with Gasteiger partial charge in [-0.15, -0.1) is 0 Å². The van der Waals surface area contributed by atoms with E-state index in [-0.39, 0.29) is 29.6 Å². The summed E-state index contributed by atoms with van der Waals surface area (Å²) >= 11 is 0. The number of nitrogens with one attached hydrogen (secondary N) is 3. The van der Waals surface area contributed by atoms with E-state index < -0.39 is 23.8 Å². The first-order valence-corrected chi connectivity index (χ1v) is 10.0. The molecular weight excluding hydrogens is 376 g/mol. The lowest BCUT2D eigenvalue weighted by molar-refractivity contribution is -0.142. The van der Waals surface area contributed by atoms with Crippen LogP contribution < -0.4 is 27.6 Å². The number of hydrogen-bond donors (Lipinski definition) is 6. The van der Waals surface area contributed by atoms with Gasteiger partial charge in [-0.2, -0.15) is 0 Å². The third-order valence-electron chi connectivity index (χ3n) is 4.54. The van der Waals surface area contributed by atoms with Gasteiger partial charge in [0.1, 0.15) is 6.04 Å². The van der Waals surface area contributed by atoms with Crippen molar-refractivity contribution in [1.82, 2.24) is 16.1 Å². The number of aliphatic imine (C=N–C) groups is 1. The Labute approximate surface area is 173 Å². The minimum Gasteiger partial charge on any atom is -0.370 e. The lowest BCUT2D eigenvalue weighted by Gasteiger charge is -2.29. The summed E-state index contributed by atoms with van der Waals surface area (Å²) in [4.78, 5) is 41.4. The zero-order valence-corrected chi connectivity index (χ0v) is 18.2. The molecule has 0 aromatic carbocycles. The number of nitrogens with zero attached hydrogens (tertiary/aromatic N) is 1. The van der Waals surface area contributed by atoms with Gasteiger partial charge in [0, 0.05) is 19.5 Å². The number of carbonyl (C=O) groups excluding carboxylic acids is 3. The third-order valence-corrected chi connectivity index (χ3v) is 4.54. The van der Waals surface area contributed by atoms with Crippen molar-refractivity contribution < 1.29 is 19.6 Å². The third kappa shape index (κ3) is 10.7. The van der Waals surface area contributed by atoms with Crippen LogP contribution in [0.25, 0.3) is 0 Å². The Hall–Kier alpha value is -2.36. The van der Waals surface area contributed by atoms with E-state index in [1.165, 1.54) is 7.05 Å². The summed E-state index contributed by atoms with van der Waals surface area (Å²) in [6.45, 7) is 8.13. The molecule has 3 amide bonds. The summed E-state index contributed by atoms with van der Waals surface area (Å²) in [5.41, 5.74) is 12.3. The molecule has 168 valence electrons. The molecule has 8 N–H and O–H groups in total. The molecular formula is C19H38N6O4. The molecule has 10 nitrogen and oxygen atoms in total. The molecule has 0 fully saturated rings. The van der Waals surface area contributed by atoms with Gasteiger partial charge in [0.2, 0.25) is 17.7 Å². The highest BCUT2D eigenvalue weighted by Crippen LogP contribution is 2.27. The number of likely N-dealkylation sites (N-methyl/N-ethyl adjacent to an activating group) is 1. The number of hydroxylamine groups is 1. The highest BCUT2D eigenvalue weighted by atomic mass is 16.5. The molecule has 3 atom stereocenters. The number of amides is 3. The molecule has 0 saturated carbocycles. The van der Waals surface area contributed by atoms with Crippen molar-refractivity contribution in [3.05, 3.63) is 0 Å². The molecule has 0 heterocycles. The van der Waals surface area contributed by atoms with Crippen LogP contribution in [0, 0.1) is 23.7 Å². The number of hydrogen-bond acceptors (Lipinski definition) is 5. The fourth-order valence-corrected chi connectivity index (χ4v) is 3.23. The fraction of sp³-hybridized carbons (Fsp3) is 0.789. The average molecular weight is 415 g/mol. The van der Waals surface area contributed by atoms with Gasteiger partial charge in [0.05, 0.1) is 5.92 Å². The Balaban J connectivity index is 5.46. The van der Waals surface area contributed by atoms with Crippen LogP contribution in [0.4, 0.5) is 0 Å². The van der Waals surface area contributed by atoms with Crippen molar-refractivity contribution >= 4 is 23.7 Å². The average Bonchev–Trinajstić information content (AvgIpc) is 2.64. The predicted octanol–water partition coefficient (Wildman–Crippen LogP) is 0.101. The molecule has 0 radical (unpaired) electrons. The quantitative estimate of drug-likeness (QED) is 0.0820. The highest BCUT2D eigenvalue weighted by molar-refractivity contribution is 5.91. The number of nitrogens with two attached hydrogens (primary N) is 2. The first-order chi connectivity index (χ1) is 13.5. The Morgan fingerprint density at radius 1 is 0.931 bits per heavy atom. The van der Waals surface area contributed by atoms with Crippen LogP contribution in [-0.4, -0.2) is 48.5 Å². The molecule has 0 bridgehead atoms. The topological polar surface area (TPSA) is 172 Å². The predicted molar refractivity (Wildman–Crippen MR) is 112 cm³/mol. The van der Waals surface area contributed by atoms with Crippen LogP contribution >= 0.6 is 0 Å². The highest BCUT2D eigenvalue weighted by Gasteiger charge is 2.36. The van der Waals surface area contributed by atoms with Gasteiger partial charge >= 0.3 is 0 Å². The summed E-state index contributed by atoms with van der Waals surface area (Å²) in [5.74, 6) is -2.43. The Kier molecular flexibility index (Phi) is 12.6. The van der Waals surface area contributed by atoms with Gasteiger partial charge in [-0.1, -0.05) is 27.7 Å². The van der Waals surface area contributed by atoms with Gasteiger partial charge < -0.3 is 22.1 Å². The lowest BCUT2D eigenvalue weighted by atomic mass is 9.79. The molecule has 29 heavy (non-hydrogen) atoms.